The number of nitrogens with zero attached hydrogens (tertiary/aromatic N) is 1. The van der Waals surface area contributed by atoms with E-state index in [1.54, 1.807) is 24.5 Å². The Morgan fingerprint density at radius 3 is 2.74 bits per heavy atom. The van der Waals surface area contributed by atoms with Gasteiger partial charge in [0.15, 0.2) is 0 Å². The zero-order chi connectivity index (χ0) is 18.8. The number of hydrogen-bond donors (Lipinski definition) is 3. The molecule has 0 saturated carbocycles. The van der Waals surface area contributed by atoms with E-state index in [0.717, 1.165) is 16.6 Å². The summed E-state index contributed by atoms with van der Waals surface area (Å²) in [6.45, 7) is 1.95. The van der Waals surface area contributed by atoms with Crippen molar-refractivity contribution in [2.24, 2.45) is 0 Å². The van der Waals surface area contributed by atoms with E-state index in [9.17, 15) is 9.18 Å². The van der Waals surface area contributed by atoms with E-state index in [-0.39, 0.29) is 5.82 Å². The lowest BCUT2D eigenvalue weighted by Crippen LogP contribution is -2.19. The first-order valence-electron chi connectivity index (χ1n) is 8.46. The standard InChI is InChI=1S/C21H17FN4O/c1-13-4-2-6-16(10-13)24-21(27)26-20-17-11-15(22)7-8-18(17)25-19(20)14-5-3-9-23-12-14/h2-12,25H,1H3,(H2,24,26,27). The molecule has 0 bridgehead atoms. The molecule has 4 rings (SSSR count). The summed E-state index contributed by atoms with van der Waals surface area (Å²) in [5, 5.41) is 6.25. The molecule has 134 valence electrons. The number of H-pyrrole nitrogens is 1. The number of amides is 2. The summed E-state index contributed by atoms with van der Waals surface area (Å²) in [6, 6.07) is 15.2. The predicted octanol–water partition coefficient (Wildman–Crippen LogP) is 5.32. The summed E-state index contributed by atoms with van der Waals surface area (Å²) in [5.74, 6) is -0.374. The Morgan fingerprint density at radius 2 is 1.96 bits per heavy atom. The minimum absolute atomic E-state index is 0.374. The minimum atomic E-state index is -0.407. The molecule has 0 aliphatic carbocycles. The third kappa shape index (κ3) is 3.50. The molecule has 2 amide bonds. The van der Waals surface area contributed by atoms with E-state index in [1.807, 2.05) is 37.3 Å². The van der Waals surface area contributed by atoms with Crippen molar-refractivity contribution >= 4 is 28.3 Å². The molecule has 0 aliphatic rings. The number of hydrogen-bond acceptors (Lipinski definition) is 2. The number of aromatic amines is 1. The normalized spacial score (nSPS) is 10.7. The van der Waals surface area contributed by atoms with Gasteiger partial charge in [-0.25, -0.2) is 9.18 Å². The molecule has 3 N–H and O–H groups in total. The number of pyridine rings is 1. The Hall–Kier alpha value is -3.67. The molecular weight excluding hydrogens is 343 g/mol. The number of anilines is 2. The number of carbonyl (C=O) groups excluding carboxylic acids is 1. The minimum Gasteiger partial charge on any atom is -0.353 e. The SMILES string of the molecule is Cc1cccc(NC(=O)Nc2c(-c3cccnc3)[nH]c3ccc(F)cc23)c1. The van der Waals surface area contributed by atoms with Gasteiger partial charge in [-0.2, -0.15) is 0 Å². The molecular formula is C21H17FN4O. The molecule has 0 fully saturated rings. The van der Waals surface area contributed by atoms with Gasteiger partial charge in [0.05, 0.1) is 11.4 Å². The van der Waals surface area contributed by atoms with Gasteiger partial charge in [-0.1, -0.05) is 12.1 Å². The first kappa shape index (κ1) is 16.8. The van der Waals surface area contributed by atoms with Crippen molar-refractivity contribution in [1.82, 2.24) is 9.97 Å². The van der Waals surface area contributed by atoms with Crippen molar-refractivity contribution in [3.05, 3.63) is 78.4 Å². The molecule has 0 spiro atoms. The molecule has 0 saturated heterocycles. The highest BCUT2D eigenvalue weighted by molar-refractivity contribution is 6.10. The Morgan fingerprint density at radius 1 is 1.07 bits per heavy atom. The highest BCUT2D eigenvalue weighted by Crippen LogP contribution is 2.35. The molecule has 2 aromatic heterocycles. The van der Waals surface area contributed by atoms with Crippen LogP contribution in [-0.4, -0.2) is 16.0 Å². The summed E-state index contributed by atoms with van der Waals surface area (Å²) in [5.41, 5.74) is 4.41. The second-order valence-corrected chi connectivity index (χ2v) is 6.26. The van der Waals surface area contributed by atoms with Gasteiger partial charge in [0.2, 0.25) is 0 Å². The molecule has 4 aromatic rings. The lowest BCUT2D eigenvalue weighted by Gasteiger charge is -2.10. The molecule has 0 atom stereocenters. The molecule has 6 heteroatoms. The average Bonchev–Trinajstić information content (AvgIpc) is 3.00. The zero-order valence-electron chi connectivity index (χ0n) is 14.6. The van der Waals surface area contributed by atoms with Crippen LogP contribution in [0.5, 0.6) is 0 Å². The van der Waals surface area contributed by atoms with Crippen LogP contribution in [0.4, 0.5) is 20.6 Å². The van der Waals surface area contributed by atoms with Crippen molar-refractivity contribution in [2.75, 3.05) is 10.6 Å². The van der Waals surface area contributed by atoms with Crippen molar-refractivity contribution in [3.8, 4) is 11.3 Å². The number of aromatic nitrogens is 2. The molecule has 2 aromatic carbocycles. The number of carbonyl (C=O) groups is 1. The fourth-order valence-electron chi connectivity index (χ4n) is 3.02. The van der Waals surface area contributed by atoms with Crippen LogP contribution in [0.2, 0.25) is 0 Å². The fraction of sp³-hybridized carbons (Fsp3) is 0.0476. The average molecular weight is 360 g/mol. The van der Waals surface area contributed by atoms with Crippen LogP contribution in [0.3, 0.4) is 0 Å². The van der Waals surface area contributed by atoms with Crippen molar-refractivity contribution < 1.29 is 9.18 Å². The molecule has 0 radical (unpaired) electrons. The topological polar surface area (TPSA) is 69.8 Å². The molecule has 0 unspecified atom stereocenters. The number of benzene rings is 2. The highest BCUT2D eigenvalue weighted by Gasteiger charge is 2.16. The van der Waals surface area contributed by atoms with Crippen molar-refractivity contribution in [2.45, 2.75) is 6.92 Å². The quantitative estimate of drug-likeness (QED) is 0.463. The molecule has 0 aliphatic heterocycles. The van der Waals surface area contributed by atoms with Crippen LogP contribution < -0.4 is 10.6 Å². The Labute approximate surface area is 155 Å². The number of halogens is 1. The second kappa shape index (κ2) is 6.92. The molecule has 2 heterocycles. The fourth-order valence-corrected chi connectivity index (χ4v) is 3.02. The van der Waals surface area contributed by atoms with Gasteiger partial charge in [0.1, 0.15) is 5.82 Å². The second-order valence-electron chi connectivity index (χ2n) is 6.26. The van der Waals surface area contributed by atoms with Crippen molar-refractivity contribution in [1.29, 1.82) is 0 Å². The monoisotopic (exact) mass is 360 g/mol. The Balaban J connectivity index is 1.73. The number of nitrogens with one attached hydrogen (secondary N) is 3. The third-order valence-corrected chi connectivity index (χ3v) is 4.23. The van der Waals surface area contributed by atoms with Crippen LogP contribution in [0, 0.1) is 12.7 Å². The van der Waals surface area contributed by atoms with Crippen molar-refractivity contribution in [3.63, 3.8) is 0 Å². The Kier molecular flexibility index (Phi) is 4.30. The lowest BCUT2D eigenvalue weighted by molar-refractivity contribution is 0.262. The smallest absolute Gasteiger partial charge is 0.323 e. The maximum Gasteiger partial charge on any atom is 0.323 e. The summed E-state index contributed by atoms with van der Waals surface area (Å²) in [7, 11) is 0. The van der Waals surface area contributed by atoms with E-state index >= 15 is 0 Å². The van der Waals surface area contributed by atoms with E-state index in [2.05, 4.69) is 20.6 Å². The van der Waals surface area contributed by atoms with Gasteiger partial charge in [0.25, 0.3) is 0 Å². The van der Waals surface area contributed by atoms with Crippen LogP contribution in [0.15, 0.2) is 67.0 Å². The van der Waals surface area contributed by atoms with Gasteiger partial charge in [-0.3, -0.25) is 4.98 Å². The number of fused-ring (bicyclic) bond motifs is 1. The number of aryl methyl sites for hydroxylation is 1. The van der Waals surface area contributed by atoms with Gasteiger partial charge in [-0.15, -0.1) is 0 Å². The largest absolute Gasteiger partial charge is 0.353 e. The number of rotatable bonds is 3. The van der Waals surface area contributed by atoms with Crippen LogP contribution >= 0.6 is 0 Å². The van der Waals surface area contributed by atoms with Crippen LogP contribution in [0.1, 0.15) is 5.56 Å². The third-order valence-electron chi connectivity index (χ3n) is 4.23. The molecule has 27 heavy (non-hydrogen) atoms. The maximum absolute atomic E-state index is 13.8. The highest BCUT2D eigenvalue weighted by atomic mass is 19.1. The summed E-state index contributed by atoms with van der Waals surface area (Å²) >= 11 is 0. The first-order valence-corrected chi connectivity index (χ1v) is 8.46. The van der Waals surface area contributed by atoms with E-state index < -0.39 is 6.03 Å². The zero-order valence-corrected chi connectivity index (χ0v) is 14.6. The lowest BCUT2D eigenvalue weighted by atomic mass is 10.1. The Bertz CT molecular complexity index is 1120. The van der Waals surface area contributed by atoms with Gasteiger partial charge in [-0.05, 0) is 55.0 Å². The van der Waals surface area contributed by atoms with Crippen LogP contribution in [-0.2, 0) is 0 Å². The summed E-state index contributed by atoms with van der Waals surface area (Å²) in [6.07, 6.45) is 3.36. The maximum atomic E-state index is 13.8. The van der Waals surface area contributed by atoms with Gasteiger partial charge in [0, 0.05) is 34.5 Å². The number of urea groups is 1. The first-order chi connectivity index (χ1) is 13.1. The predicted molar refractivity (Wildman–Crippen MR) is 105 cm³/mol. The van der Waals surface area contributed by atoms with Gasteiger partial charge < -0.3 is 15.6 Å². The van der Waals surface area contributed by atoms with E-state index in [0.29, 0.717) is 22.5 Å². The van der Waals surface area contributed by atoms with Crippen LogP contribution in [0.25, 0.3) is 22.2 Å². The van der Waals surface area contributed by atoms with E-state index in [4.69, 9.17) is 0 Å². The molecule has 5 nitrogen and oxygen atoms in total. The summed E-state index contributed by atoms with van der Waals surface area (Å²) in [4.78, 5) is 19.9. The van der Waals surface area contributed by atoms with E-state index in [1.165, 1.54) is 12.1 Å². The summed E-state index contributed by atoms with van der Waals surface area (Å²) < 4.78 is 13.8. The van der Waals surface area contributed by atoms with Gasteiger partial charge >= 0.3 is 6.03 Å².